The molecule has 2 atom stereocenters. The van der Waals surface area contributed by atoms with Crippen molar-refractivity contribution >= 4 is 17.6 Å². The maximum Gasteiger partial charge on any atom is 0.315 e. The molecule has 2 N–H and O–H groups in total. The molecule has 5 heteroatoms. The summed E-state index contributed by atoms with van der Waals surface area (Å²) in [5, 5.41) is 7.07. The third-order valence-electron chi connectivity index (χ3n) is 5.34. The molecule has 0 spiro atoms. The van der Waals surface area contributed by atoms with Gasteiger partial charge in [-0.05, 0) is 50.3 Å². The first-order valence-electron chi connectivity index (χ1n) is 9.05. The van der Waals surface area contributed by atoms with Gasteiger partial charge in [-0.25, -0.2) is 4.79 Å². The van der Waals surface area contributed by atoms with Gasteiger partial charge in [-0.15, -0.1) is 0 Å². The van der Waals surface area contributed by atoms with E-state index in [1.165, 1.54) is 6.42 Å². The minimum absolute atomic E-state index is 0.0263. The van der Waals surface area contributed by atoms with E-state index in [4.69, 9.17) is 16.3 Å². The fourth-order valence-corrected chi connectivity index (χ4v) is 4.09. The van der Waals surface area contributed by atoms with Crippen LogP contribution in [0.3, 0.4) is 0 Å². The molecule has 1 aromatic carbocycles. The summed E-state index contributed by atoms with van der Waals surface area (Å²) in [7, 11) is 0. The normalized spacial score (nSPS) is 24.3. The summed E-state index contributed by atoms with van der Waals surface area (Å²) < 4.78 is 5.67. The molecule has 0 radical (unpaired) electrons. The van der Waals surface area contributed by atoms with Crippen LogP contribution in [0.25, 0.3) is 0 Å². The van der Waals surface area contributed by atoms with Crippen molar-refractivity contribution in [2.45, 2.75) is 69.6 Å². The van der Waals surface area contributed by atoms with Crippen LogP contribution >= 0.6 is 11.6 Å². The van der Waals surface area contributed by atoms with Crippen LogP contribution in [-0.4, -0.2) is 24.8 Å². The van der Waals surface area contributed by atoms with E-state index in [0.29, 0.717) is 0 Å². The SMILES string of the molecule is C[C@H](NC(=O)NC1(c2ccc(Cl)cc2)CCCCC1)[C@H]1CCCO1. The van der Waals surface area contributed by atoms with Gasteiger partial charge in [0.25, 0.3) is 0 Å². The van der Waals surface area contributed by atoms with E-state index in [1.807, 2.05) is 31.2 Å². The molecule has 1 heterocycles. The van der Waals surface area contributed by atoms with Gasteiger partial charge in [0.05, 0.1) is 17.7 Å². The third kappa shape index (κ3) is 4.04. The second-order valence-electron chi connectivity index (χ2n) is 7.09. The molecule has 0 unspecified atom stereocenters. The predicted molar refractivity (Wildman–Crippen MR) is 96.3 cm³/mol. The average Bonchev–Trinajstić information content (AvgIpc) is 3.10. The Bertz CT molecular complexity index is 549. The Labute approximate surface area is 149 Å². The van der Waals surface area contributed by atoms with Crippen molar-refractivity contribution in [2.24, 2.45) is 0 Å². The first-order chi connectivity index (χ1) is 11.6. The highest BCUT2D eigenvalue weighted by molar-refractivity contribution is 6.30. The first kappa shape index (κ1) is 17.6. The minimum Gasteiger partial charge on any atom is -0.376 e. The second-order valence-corrected chi connectivity index (χ2v) is 7.52. The Hall–Kier alpha value is -1.26. The summed E-state index contributed by atoms with van der Waals surface area (Å²) in [5.41, 5.74) is 0.856. The highest BCUT2D eigenvalue weighted by atomic mass is 35.5. The maximum absolute atomic E-state index is 12.6. The van der Waals surface area contributed by atoms with E-state index in [2.05, 4.69) is 10.6 Å². The van der Waals surface area contributed by atoms with Crippen LogP contribution < -0.4 is 10.6 Å². The number of ether oxygens (including phenoxy) is 1. The van der Waals surface area contributed by atoms with Gasteiger partial charge in [-0.3, -0.25) is 0 Å². The van der Waals surface area contributed by atoms with Gasteiger partial charge in [-0.2, -0.15) is 0 Å². The Morgan fingerprint density at radius 2 is 1.92 bits per heavy atom. The lowest BCUT2D eigenvalue weighted by atomic mass is 9.76. The number of hydrogen-bond donors (Lipinski definition) is 2. The van der Waals surface area contributed by atoms with E-state index in [1.54, 1.807) is 0 Å². The van der Waals surface area contributed by atoms with Gasteiger partial charge >= 0.3 is 6.03 Å². The number of carbonyl (C=O) groups excluding carboxylic acids is 1. The molecule has 1 saturated carbocycles. The van der Waals surface area contributed by atoms with Crippen molar-refractivity contribution < 1.29 is 9.53 Å². The second kappa shape index (κ2) is 7.75. The van der Waals surface area contributed by atoms with Crippen molar-refractivity contribution in [1.29, 1.82) is 0 Å². The first-order valence-corrected chi connectivity index (χ1v) is 9.43. The lowest BCUT2D eigenvalue weighted by molar-refractivity contribution is 0.0849. The molecule has 1 saturated heterocycles. The van der Waals surface area contributed by atoms with Crippen molar-refractivity contribution in [3.63, 3.8) is 0 Å². The molecular weight excluding hydrogens is 324 g/mol. The molecule has 24 heavy (non-hydrogen) atoms. The molecule has 1 aromatic rings. The van der Waals surface area contributed by atoms with Gasteiger partial charge in [0.15, 0.2) is 0 Å². The summed E-state index contributed by atoms with van der Waals surface area (Å²) in [5.74, 6) is 0. The molecule has 132 valence electrons. The number of benzene rings is 1. The quantitative estimate of drug-likeness (QED) is 0.847. The predicted octanol–water partition coefficient (Wildman–Crippen LogP) is 4.37. The van der Waals surface area contributed by atoms with Gasteiger partial charge in [0.2, 0.25) is 0 Å². The summed E-state index contributed by atoms with van der Waals surface area (Å²) in [6, 6.07) is 7.81. The standard InChI is InChI=1S/C19H27ClN2O2/c1-14(17-6-5-13-24-17)21-18(23)22-19(11-3-2-4-12-19)15-7-9-16(20)10-8-15/h7-10,14,17H,2-6,11-13H2,1H3,(H2,21,22,23)/t14-,17+/m0/s1. The van der Waals surface area contributed by atoms with Gasteiger partial charge in [-0.1, -0.05) is 43.0 Å². The smallest absolute Gasteiger partial charge is 0.315 e. The van der Waals surface area contributed by atoms with Crippen molar-refractivity contribution in [3.8, 4) is 0 Å². The minimum atomic E-state index is -0.289. The average molecular weight is 351 g/mol. The molecule has 1 aliphatic carbocycles. The topological polar surface area (TPSA) is 50.4 Å². The molecule has 2 fully saturated rings. The lowest BCUT2D eigenvalue weighted by Gasteiger charge is -2.39. The Kier molecular flexibility index (Phi) is 5.67. The monoisotopic (exact) mass is 350 g/mol. The summed E-state index contributed by atoms with van der Waals surface area (Å²) in [4.78, 5) is 12.6. The highest BCUT2D eigenvalue weighted by Crippen LogP contribution is 2.37. The molecule has 4 nitrogen and oxygen atoms in total. The molecule has 3 rings (SSSR count). The number of urea groups is 1. The van der Waals surface area contributed by atoms with Crippen molar-refractivity contribution in [3.05, 3.63) is 34.9 Å². The molecule has 0 aromatic heterocycles. The maximum atomic E-state index is 12.6. The Balaban J connectivity index is 1.69. The zero-order valence-corrected chi connectivity index (χ0v) is 15.1. The fraction of sp³-hybridized carbons (Fsp3) is 0.632. The Morgan fingerprint density at radius 3 is 2.54 bits per heavy atom. The number of carbonyl (C=O) groups is 1. The molecule has 2 amide bonds. The van der Waals surface area contributed by atoms with Crippen LogP contribution in [0.15, 0.2) is 24.3 Å². The molecule has 1 aliphatic heterocycles. The third-order valence-corrected chi connectivity index (χ3v) is 5.59. The van der Waals surface area contributed by atoms with Gasteiger partial charge in [0.1, 0.15) is 0 Å². The fourth-order valence-electron chi connectivity index (χ4n) is 3.96. The molecular formula is C19H27ClN2O2. The molecule has 2 aliphatic rings. The van der Waals surface area contributed by atoms with Crippen LogP contribution in [0.4, 0.5) is 4.79 Å². The number of amides is 2. The van der Waals surface area contributed by atoms with Crippen LogP contribution in [-0.2, 0) is 10.3 Å². The van der Waals surface area contributed by atoms with Crippen LogP contribution in [0.1, 0.15) is 57.4 Å². The van der Waals surface area contributed by atoms with E-state index < -0.39 is 0 Å². The van der Waals surface area contributed by atoms with E-state index in [-0.39, 0.29) is 23.7 Å². The summed E-state index contributed by atoms with van der Waals surface area (Å²) >= 11 is 6.03. The lowest BCUT2D eigenvalue weighted by Crippen LogP contribution is -2.54. The number of rotatable bonds is 4. The van der Waals surface area contributed by atoms with Crippen molar-refractivity contribution in [2.75, 3.05) is 6.61 Å². The zero-order chi connectivity index (χ0) is 17.0. The van der Waals surface area contributed by atoms with Crippen LogP contribution in [0.5, 0.6) is 0 Å². The van der Waals surface area contributed by atoms with Crippen LogP contribution in [0, 0.1) is 0 Å². The summed E-state index contributed by atoms with van der Waals surface area (Å²) in [6.45, 7) is 2.82. The zero-order valence-electron chi connectivity index (χ0n) is 14.3. The van der Waals surface area contributed by atoms with Crippen molar-refractivity contribution in [1.82, 2.24) is 10.6 Å². The van der Waals surface area contributed by atoms with Gasteiger partial charge < -0.3 is 15.4 Å². The van der Waals surface area contributed by atoms with E-state index in [9.17, 15) is 4.79 Å². The number of nitrogens with one attached hydrogen (secondary N) is 2. The largest absolute Gasteiger partial charge is 0.376 e. The molecule has 0 bridgehead atoms. The highest BCUT2D eigenvalue weighted by Gasteiger charge is 2.36. The Morgan fingerprint density at radius 1 is 1.21 bits per heavy atom. The summed E-state index contributed by atoms with van der Waals surface area (Å²) in [6.07, 6.45) is 7.65. The van der Waals surface area contributed by atoms with E-state index >= 15 is 0 Å². The van der Waals surface area contributed by atoms with Crippen LogP contribution in [0.2, 0.25) is 5.02 Å². The van der Waals surface area contributed by atoms with E-state index in [0.717, 1.165) is 55.7 Å². The number of halogens is 1. The number of hydrogen-bond acceptors (Lipinski definition) is 2. The van der Waals surface area contributed by atoms with Gasteiger partial charge in [0, 0.05) is 11.6 Å².